The van der Waals surface area contributed by atoms with Crippen LogP contribution in [0, 0.1) is 0 Å². The Bertz CT molecular complexity index is 553. The van der Waals surface area contributed by atoms with Crippen molar-refractivity contribution in [3.05, 3.63) is 53.1 Å². The number of hydrogen-bond acceptors (Lipinski definition) is 3. The molecule has 0 bridgehead atoms. The van der Waals surface area contributed by atoms with Gasteiger partial charge < -0.3 is 15.4 Å². The van der Waals surface area contributed by atoms with Gasteiger partial charge in [-0.3, -0.25) is 0 Å². The van der Waals surface area contributed by atoms with Crippen LogP contribution in [-0.2, 0) is 6.61 Å². The van der Waals surface area contributed by atoms with E-state index >= 15 is 0 Å². The van der Waals surface area contributed by atoms with Gasteiger partial charge in [0.05, 0.1) is 5.69 Å². The molecule has 0 radical (unpaired) electrons. The standard InChI is InChI=1S/C15H17ClN2O/c1-18(2)13-7-8-14(17)15(9-13)19-10-11-3-5-12(16)6-4-11/h3-9H,10,17H2,1-2H3. The quantitative estimate of drug-likeness (QED) is 0.868. The van der Waals surface area contributed by atoms with Crippen LogP contribution in [0.15, 0.2) is 42.5 Å². The van der Waals surface area contributed by atoms with Crippen LogP contribution >= 0.6 is 11.6 Å². The molecule has 0 aliphatic rings. The van der Waals surface area contributed by atoms with Crippen molar-refractivity contribution < 1.29 is 4.74 Å². The van der Waals surface area contributed by atoms with Crippen LogP contribution in [-0.4, -0.2) is 14.1 Å². The number of ether oxygens (including phenoxy) is 1. The molecular formula is C15H17ClN2O. The Hall–Kier alpha value is -1.87. The predicted octanol–water partition coefficient (Wildman–Crippen LogP) is 3.57. The van der Waals surface area contributed by atoms with Crippen molar-refractivity contribution in [1.29, 1.82) is 0 Å². The van der Waals surface area contributed by atoms with Crippen LogP contribution < -0.4 is 15.4 Å². The molecule has 2 N–H and O–H groups in total. The van der Waals surface area contributed by atoms with E-state index in [1.165, 1.54) is 0 Å². The molecule has 0 aliphatic carbocycles. The van der Waals surface area contributed by atoms with Crippen molar-refractivity contribution in [3.8, 4) is 5.75 Å². The Morgan fingerprint density at radius 1 is 1.11 bits per heavy atom. The number of nitrogens with two attached hydrogens (primary N) is 1. The highest BCUT2D eigenvalue weighted by atomic mass is 35.5. The summed E-state index contributed by atoms with van der Waals surface area (Å²) in [5, 5.41) is 0.720. The number of halogens is 1. The highest BCUT2D eigenvalue weighted by Crippen LogP contribution is 2.27. The fourth-order valence-corrected chi connectivity index (χ4v) is 1.79. The van der Waals surface area contributed by atoms with E-state index in [9.17, 15) is 0 Å². The Labute approximate surface area is 118 Å². The van der Waals surface area contributed by atoms with E-state index in [1.54, 1.807) is 0 Å². The zero-order valence-electron chi connectivity index (χ0n) is 11.1. The monoisotopic (exact) mass is 276 g/mol. The van der Waals surface area contributed by atoms with E-state index in [0.717, 1.165) is 16.3 Å². The van der Waals surface area contributed by atoms with Crippen molar-refractivity contribution in [2.75, 3.05) is 24.7 Å². The molecule has 2 aromatic rings. The summed E-state index contributed by atoms with van der Waals surface area (Å²) < 4.78 is 5.76. The smallest absolute Gasteiger partial charge is 0.144 e. The van der Waals surface area contributed by atoms with Crippen molar-refractivity contribution >= 4 is 23.0 Å². The Kier molecular flexibility index (Phi) is 4.17. The summed E-state index contributed by atoms with van der Waals surface area (Å²) in [4.78, 5) is 2.01. The molecule has 0 unspecified atom stereocenters. The lowest BCUT2D eigenvalue weighted by Crippen LogP contribution is -2.09. The summed E-state index contributed by atoms with van der Waals surface area (Å²) in [6, 6.07) is 13.3. The molecule has 3 nitrogen and oxygen atoms in total. The Balaban J connectivity index is 2.10. The largest absolute Gasteiger partial charge is 0.487 e. The first-order valence-corrected chi connectivity index (χ1v) is 6.38. The first-order valence-electron chi connectivity index (χ1n) is 6.00. The maximum absolute atomic E-state index is 5.91. The van der Waals surface area contributed by atoms with Crippen LogP contribution in [0.5, 0.6) is 5.75 Å². The van der Waals surface area contributed by atoms with Gasteiger partial charge in [-0.25, -0.2) is 0 Å². The molecule has 0 saturated heterocycles. The molecule has 2 rings (SSSR count). The third-order valence-corrected chi connectivity index (χ3v) is 3.07. The summed E-state index contributed by atoms with van der Waals surface area (Å²) >= 11 is 5.84. The van der Waals surface area contributed by atoms with Crippen LogP contribution in [0.2, 0.25) is 5.02 Å². The van der Waals surface area contributed by atoms with Crippen molar-refractivity contribution in [2.45, 2.75) is 6.61 Å². The zero-order valence-corrected chi connectivity index (χ0v) is 11.8. The van der Waals surface area contributed by atoms with Crippen LogP contribution in [0.25, 0.3) is 0 Å². The third kappa shape index (κ3) is 3.55. The third-order valence-electron chi connectivity index (χ3n) is 2.82. The minimum atomic E-state index is 0.470. The van der Waals surface area contributed by atoms with E-state index in [0.29, 0.717) is 18.0 Å². The van der Waals surface area contributed by atoms with E-state index in [2.05, 4.69) is 0 Å². The number of hydrogen-bond donors (Lipinski definition) is 1. The summed E-state index contributed by atoms with van der Waals surface area (Å²) in [5.41, 5.74) is 8.66. The van der Waals surface area contributed by atoms with Crippen molar-refractivity contribution in [3.63, 3.8) is 0 Å². The highest BCUT2D eigenvalue weighted by Gasteiger charge is 2.04. The summed E-state index contributed by atoms with van der Waals surface area (Å²) in [7, 11) is 3.96. The topological polar surface area (TPSA) is 38.5 Å². The Morgan fingerprint density at radius 3 is 2.42 bits per heavy atom. The van der Waals surface area contributed by atoms with Gasteiger partial charge in [0.2, 0.25) is 0 Å². The molecule has 4 heteroatoms. The molecule has 0 atom stereocenters. The first-order chi connectivity index (χ1) is 9.06. The summed E-state index contributed by atoms with van der Waals surface area (Å²) in [6.07, 6.45) is 0. The lowest BCUT2D eigenvalue weighted by Gasteiger charge is -2.15. The van der Waals surface area contributed by atoms with Crippen molar-refractivity contribution in [2.24, 2.45) is 0 Å². The maximum atomic E-state index is 5.91. The second kappa shape index (κ2) is 5.85. The molecule has 0 spiro atoms. The Morgan fingerprint density at radius 2 is 1.79 bits per heavy atom. The normalized spacial score (nSPS) is 10.3. The van der Waals surface area contributed by atoms with Gasteiger partial charge in [-0.1, -0.05) is 23.7 Å². The minimum Gasteiger partial charge on any atom is -0.487 e. The average Bonchev–Trinajstić information content (AvgIpc) is 2.39. The average molecular weight is 277 g/mol. The van der Waals surface area contributed by atoms with Gasteiger partial charge >= 0.3 is 0 Å². The predicted molar refractivity (Wildman–Crippen MR) is 81.0 cm³/mol. The van der Waals surface area contributed by atoms with Gasteiger partial charge in [-0.05, 0) is 29.8 Å². The minimum absolute atomic E-state index is 0.470. The fourth-order valence-electron chi connectivity index (χ4n) is 1.67. The molecule has 0 saturated carbocycles. The molecule has 0 heterocycles. The van der Waals surface area contributed by atoms with Gasteiger partial charge in [0, 0.05) is 30.9 Å². The molecule has 0 aliphatic heterocycles. The molecule has 0 amide bonds. The fraction of sp³-hybridized carbons (Fsp3) is 0.200. The van der Waals surface area contributed by atoms with Crippen LogP contribution in [0.3, 0.4) is 0 Å². The second-order valence-corrected chi connectivity index (χ2v) is 4.97. The van der Waals surface area contributed by atoms with Crippen molar-refractivity contribution in [1.82, 2.24) is 0 Å². The molecule has 0 aromatic heterocycles. The molecular weight excluding hydrogens is 260 g/mol. The van der Waals surface area contributed by atoms with Gasteiger partial charge in [0.25, 0.3) is 0 Å². The lowest BCUT2D eigenvalue weighted by atomic mass is 10.2. The van der Waals surface area contributed by atoms with E-state index in [1.807, 2.05) is 61.5 Å². The van der Waals surface area contributed by atoms with E-state index < -0.39 is 0 Å². The SMILES string of the molecule is CN(C)c1ccc(N)c(OCc2ccc(Cl)cc2)c1. The van der Waals surface area contributed by atoms with Gasteiger partial charge in [0.1, 0.15) is 12.4 Å². The van der Waals surface area contributed by atoms with Crippen LogP contribution in [0.1, 0.15) is 5.56 Å². The number of anilines is 2. The van der Waals surface area contributed by atoms with E-state index in [-0.39, 0.29) is 0 Å². The maximum Gasteiger partial charge on any atom is 0.144 e. The molecule has 100 valence electrons. The van der Waals surface area contributed by atoms with Gasteiger partial charge in [0.15, 0.2) is 0 Å². The van der Waals surface area contributed by atoms with Gasteiger partial charge in [-0.2, -0.15) is 0 Å². The summed E-state index contributed by atoms with van der Waals surface area (Å²) in [5.74, 6) is 0.696. The highest BCUT2D eigenvalue weighted by molar-refractivity contribution is 6.30. The number of rotatable bonds is 4. The number of benzene rings is 2. The number of nitrogens with zero attached hydrogens (tertiary/aromatic N) is 1. The van der Waals surface area contributed by atoms with Crippen LogP contribution in [0.4, 0.5) is 11.4 Å². The first kappa shape index (κ1) is 13.6. The summed E-state index contributed by atoms with van der Waals surface area (Å²) in [6.45, 7) is 0.470. The molecule has 2 aromatic carbocycles. The van der Waals surface area contributed by atoms with Gasteiger partial charge in [-0.15, -0.1) is 0 Å². The zero-order chi connectivity index (χ0) is 13.8. The number of nitrogen functional groups attached to an aromatic ring is 1. The second-order valence-electron chi connectivity index (χ2n) is 4.53. The molecule has 19 heavy (non-hydrogen) atoms. The van der Waals surface area contributed by atoms with E-state index in [4.69, 9.17) is 22.1 Å². The molecule has 0 fully saturated rings. The lowest BCUT2D eigenvalue weighted by molar-refractivity contribution is 0.308.